The number of nitrogens with zero attached hydrogens (tertiary/aromatic N) is 3. The van der Waals surface area contributed by atoms with Crippen molar-refractivity contribution in [1.29, 1.82) is 5.26 Å². The lowest BCUT2D eigenvalue weighted by Crippen LogP contribution is -2.09. The Morgan fingerprint density at radius 1 is 1.39 bits per heavy atom. The van der Waals surface area contributed by atoms with E-state index in [0.717, 1.165) is 5.56 Å². The maximum atomic E-state index is 8.76. The molecule has 90 valence electrons. The van der Waals surface area contributed by atoms with Gasteiger partial charge in [0.05, 0.1) is 6.04 Å². The Hall–Kier alpha value is -2.12. The van der Waals surface area contributed by atoms with E-state index in [4.69, 9.17) is 16.9 Å². The fourth-order valence-corrected chi connectivity index (χ4v) is 1.74. The molecule has 0 aliphatic rings. The topological polar surface area (TPSA) is 61.6 Å². The van der Waals surface area contributed by atoms with Gasteiger partial charge < -0.3 is 5.32 Å². The van der Waals surface area contributed by atoms with Crippen LogP contribution in [-0.4, -0.2) is 9.97 Å². The summed E-state index contributed by atoms with van der Waals surface area (Å²) in [5, 5.41) is 12.6. The van der Waals surface area contributed by atoms with Crippen LogP contribution >= 0.6 is 11.6 Å². The molecule has 0 aliphatic carbocycles. The molecule has 0 amide bonds. The number of anilines is 1. The maximum absolute atomic E-state index is 8.76. The molecule has 0 bridgehead atoms. The van der Waals surface area contributed by atoms with Crippen LogP contribution in [0.4, 0.5) is 5.95 Å². The molecule has 0 aliphatic heterocycles. The van der Waals surface area contributed by atoms with Crippen LogP contribution in [0.2, 0.25) is 5.02 Å². The summed E-state index contributed by atoms with van der Waals surface area (Å²) < 4.78 is 0. The van der Waals surface area contributed by atoms with Gasteiger partial charge in [0.25, 0.3) is 0 Å². The molecule has 0 spiro atoms. The summed E-state index contributed by atoms with van der Waals surface area (Å²) in [7, 11) is 0. The van der Waals surface area contributed by atoms with Gasteiger partial charge in [-0.3, -0.25) is 0 Å². The third-order valence-electron chi connectivity index (χ3n) is 2.46. The van der Waals surface area contributed by atoms with Gasteiger partial charge in [-0.15, -0.1) is 0 Å². The second-order valence-corrected chi connectivity index (χ2v) is 4.23. The van der Waals surface area contributed by atoms with Gasteiger partial charge in [-0.1, -0.05) is 23.7 Å². The van der Waals surface area contributed by atoms with E-state index in [2.05, 4.69) is 15.3 Å². The number of aromatic nitrogens is 2. The monoisotopic (exact) mass is 258 g/mol. The number of benzene rings is 1. The molecule has 2 rings (SSSR count). The smallest absolute Gasteiger partial charge is 0.224 e. The summed E-state index contributed by atoms with van der Waals surface area (Å²) in [5.74, 6) is 0.432. The SMILES string of the molecule is CC(Nc1nccc(C#N)n1)c1cccc(Cl)c1. The van der Waals surface area contributed by atoms with E-state index in [9.17, 15) is 0 Å². The van der Waals surface area contributed by atoms with Crippen molar-refractivity contribution in [3.05, 3.63) is 52.8 Å². The Kier molecular flexibility index (Phi) is 3.75. The third-order valence-corrected chi connectivity index (χ3v) is 2.70. The summed E-state index contributed by atoms with van der Waals surface area (Å²) in [4.78, 5) is 8.13. The molecule has 1 atom stereocenters. The minimum Gasteiger partial charge on any atom is -0.348 e. The Labute approximate surface area is 110 Å². The second-order valence-electron chi connectivity index (χ2n) is 3.80. The number of nitriles is 1. The normalized spacial score (nSPS) is 11.6. The van der Waals surface area contributed by atoms with E-state index in [1.165, 1.54) is 0 Å². The number of hydrogen-bond donors (Lipinski definition) is 1. The molecule has 0 saturated carbocycles. The molecule has 0 fully saturated rings. The Morgan fingerprint density at radius 3 is 2.94 bits per heavy atom. The second kappa shape index (κ2) is 5.48. The first kappa shape index (κ1) is 12.3. The van der Waals surface area contributed by atoms with E-state index in [1.54, 1.807) is 12.3 Å². The molecule has 4 nitrogen and oxygen atoms in total. The highest BCUT2D eigenvalue weighted by Crippen LogP contribution is 2.20. The molecule has 2 aromatic rings. The van der Waals surface area contributed by atoms with E-state index >= 15 is 0 Å². The number of rotatable bonds is 3. The molecule has 0 saturated heterocycles. The summed E-state index contributed by atoms with van der Waals surface area (Å²) in [6.45, 7) is 1.98. The minimum absolute atomic E-state index is 0.0117. The van der Waals surface area contributed by atoms with Crippen LogP contribution < -0.4 is 5.32 Å². The first-order valence-corrected chi connectivity index (χ1v) is 5.82. The van der Waals surface area contributed by atoms with Gasteiger partial charge in [0.2, 0.25) is 5.95 Å². The van der Waals surface area contributed by atoms with Crippen molar-refractivity contribution in [2.45, 2.75) is 13.0 Å². The van der Waals surface area contributed by atoms with Crippen LogP contribution in [0.1, 0.15) is 24.2 Å². The van der Waals surface area contributed by atoms with Gasteiger partial charge in [-0.2, -0.15) is 5.26 Å². The molecule has 0 radical (unpaired) electrons. The third kappa shape index (κ3) is 2.96. The molecular weight excluding hydrogens is 248 g/mol. The summed E-state index contributed by atoms with van der Waals surface area (Å²) in [6.07, 6.45) is 1.55. The van der Waals surface area contributed by atoms with Crippen LogP contribution in [0.15, 0.2) is 36.5 Å². The van der Waals surface area contributed by atoms with Gasteiger partial charge in [0, 0.05) is 11.2 Å². The van der Waals surface area contributed by atoms with Crippen LogP contribution in [0.25, 0.3) is 0 Å². The number of nitrogens with one attached hydrogen (secondary N) is 1. The molecule has 1 heterocycles. The Morgan fingerprint density at radius 2 is 2.22 bits per heavy atom. The zero-order valence-electron chi connectivity index (χ0n) is 9.76. The average Bonchev–Trinajstić information content (AvgIpc) is 2.39. The van der Waals surface area contributed by atoms with Gasteiger partial charge in [0.15, 0.2) is 0 Å². The zero-order valence-corrected chi connectivity index (χ0v) is 10.5. The lowest BCUT2D eigenvalue weighted by Gasteiger charge is -2.14. The quantitative estimate of drug-likeness (QED) is 0.919. The lowest BCUT2D eigenvalue weighted by atomic mass is 10.1. The summed E-state index contributed by atoms with van der Waals surface area (Å²) in [6, 6.07) is 11.1. The van der Waals surface area contributed by atoms with Crippen molar-refractivity contribution < 1.29 is 0 Å². The Balaban J connectivity index is 2.16. The first-order chi connectivity index (χ1) is 8.69. The molecule has 1 aromatic carbocycles. The van der Waals surface area contributed by atoms with Crippen molar-refractivity contribution in [2.24, 2.45) is 0 Å². The molecule has 5 heteroatoms. The highest BCUT2D eigenvalue weighted by Gasteiger charge is 2.07. The van der Waals surface area contributed by atoms with Crippen LogP contribution in [-0.2, 0) is 0 Å². The van der Waals surface area contributed by atoms with Gasteiger partial charge in [-0.25, -0.2) is 9.97 Å². The van der Waals surface area contributed by atoms with Gasteiger partial charge in [0.1, 0.15) is 11.8 Å². The summed E-state index contributed by atoms with van der Waals surface area (Å²) >= 11 is 5.94. The summed E-state index contributed by atoms with van der Waals surface area (Å²) in [5.41, 5.74) is 1.37. The van der Waals surface area contributed by atoms with Crippen molar-refractivity contribution >= 4 is 17.5 Å². The van der Waals surface area contributed by atoms with Gasteiger partial charge in [-0.05, 0) is 30.7 Å². The van der Waals surface area contributed by atoms with E-state index in [-0.39, 0.29) is 6.04 Å². The fourth-order valence-electron chi connectivity index (χ4n) is 1.54. The molecule has 1 N–H and O–H groups in total. The number of halogens is 1. The van der Waals surface area contributed by atoms with Crippen LogP contribution in [0.3, 0.4) is 0 Å². The lowest BCUT2D eigenvalue weighted by molar-refractivity contribution is 0.859. The standard InChI is InChI=1S/C13H11ClN4/c1-9(10-3-2-4-11(14)7-10)17-13-16-6-5-12(8-15)18-13/h2-7,9H,1H3,(H,16,17,18). The van der Waals surface area contributed by atoms with Gasteiger partial charge >= 0.3 is 0 Å². The highest BCUT2D eigenvalue weighted by atomic mass is 35.5. The number of hydrogen-bond acceptors (Lipinski definition) is 4. The molecule has 1 unspecified atom stereocenters. The Bertz CT molecular complexity index is 592. The van der Waals surface area contributed by atoms with E-state index < -0.39 is 0 Å². The molecule has 1 aromatic heterocycles. The van der Waals surface area contributed by atoms with E-state index in [0.29, 0.717) is 16.7 Å². The minimum atomic E-state index is 0.0117. The van der Waals surface area contributed by atoms with Crippen molar-refractivity contribution in [2.75, 3.05) is 5.32 Å². The predicted octanol–water partition coefficient (Wildman–Crippen LogP) is 3.17. The highest BCUT2D eigenvalue weighted by molar-refractivity contribution is 6.30. The molecule has 18 heavy (non-hydrogen) atoms. The first-order valence-electron chi connectivity index (χ1n) is 5.44. The average molecular weight is 259 g/mol. The van der Waals surface area contributed by atoms with E-state index in [1.807, 2.05) is 37.3 Å². The predicted molar refractivity (Wildman–Crippen MR) is 70.2 cm³/mol. The maximum Gasteiger partial charge on any atom is 0.224 e. The molecular formula is C13H11ClN4. The fraction of sp³-hybridized carbons (Fsp3) is 0.154. The zero-order chi connectivity index (χ0) is 13.0. The van der Waals surface area contributed by atoms with Crippen LogP contribution in [0, 0.1) is 11.3 Å². The van der Waals surface area contributed by atoms with Crippen LogP contribution in [0.5, 0.6) is 0 Å². The largest absolute Gasteiger partial charge is 0.348 e. The van der Waals surface area contributed by atoms with Crippen molar-refractivity contribution in [3.63, 3.8) is 0 Å². The van der Waals surface area contributed by atoms with Crippen molar-refractivity contribution in [1.82, 2.24) is 9.97 Å². The van der Waals surface area contributed by atoms with Crippen molar-refractivity contribution in [3.8, 4) is 6.07 Å².